The van der Waals surface area contributed by atoms with Crippen molar-refractivity contribution in [3.8, 4) is 0 Å². The topological polar surface area (TPSA) is 68.0 Å². The molecule has 2 unspecified atom stereocenters. The number of carbonyl (C=O) groups is 1. The van der Waals surface area contributed by atoms with Crippen molar-refractivity contribution in [2.24, 2.45) is 11.7 Å². The first-order valence-corrected chi connectivity index (χ1v) is 5.43. The average Bonchev–Trinajstić information content (AvgIpc) is 2.72. The summed E-state index contributed by atoms with van der Waals surface area (Å²) in [6, 6.07) is 0.0817. The lowest BCUT2D eigenvalue weighted by molar-refractivity contribution is -0.122. The summed E-state index contributed by atoms with van der Waals surface area (Å²) in [5.74, 6) is 0.118. The number of nitrogens with two attached hydrogens (primary N) is 1. The summed E-state index contributed by atoms with van der Waals surface area (Å²) >= 11 is 1.61. The highest BCUT2D eigenvalue weighted by molar-refractivity contribution is 7.11. The van der Waals surface area contributed by atoms with E-state index in [0.29, 0.717) is 6.54 Å². The fourth-order valence-electron chi connectivity index (χ4n) is 1.31. The van der Waals surface area contributed by atoms with Gasteiger partial charge in [0, 0.05) is 17.1 Å². The third kappa shape index (κ3) is 2.10. The summed E-state index contributed by atoms with van der Waals surface area (Å²) in [6.07, 6.45) is 2.63. The predicted octanol–water partition coefficient (Wildman–Crippen LogP) is 0.415. The number of nitrogens with one attached hydrogen (secondary N) is 1. The SMILES string of the molecule is Cc1ncc(CNC(=O)C2CC2N)s1. The Morgan fingerprint density at radius 2 is 2.57 bits per heavy atom. The summed E-state index contributed by atoms with van der Waals surface area (Å²) in [6.45, 7) is 2.53. The van der Waals surface area contributed by atoms with Crippen molar-refractivity contribution < 1.29 is 4.79 Å². The van der Waals surface area contributed by atoms with Crippen LogP contribution in [0.2, 0.25) is 0 Å². The molecule has 1 aliphatic rings. The molecule has 1 amide bonds. The summed E-state index contributed by atoms with van der Waals surface area (Å²) in [5, 5.41) is 3.88. The van der Waals surface area contributed by atoms with E-state index >= 15 is 0 Å². The molecule has 1 aromatic rings. The van der Waals surface area contributed by atoms with Crippen LogP contribution in [0.5, 0.6) is 0 Å². The molecule has 0 bridgehead atoms. The number of amides is 1. The zero-order valence-electron chi connectivity index (χ0n) is 7.99. The Bertz CT molecular complexity index is 350. The number of nitrogens with zero attached hydrogens (tertiary/aromatic N) is 1. The van der Waals surface area contributed by atoms with Gasteiger partial charge in [0.05, 0.1) is 17.5 Å². The molecule has 1 saturated carbocycles. The fourth-order valence-corrected chi connectivity index (χ4v) is 2.04. The van der Waals surface area contributed by atoms with Crippen molar-refractivity contribution >= 4 is 17.2 Å². The van der Waals surface area contributed by atoms with Gasteiger partial charge in [-0.1, -0.05) is 0 Å². The van der Waals surface area contributed by atoms with Gasteiger partial charge < -0.3 is 11.1 Å². The number of carbonyl (C=O) groups excluding carboxylic acids is 1. The van der Waals surface area contributed by atoms with E-state index in [0.717, 1.165) is 16.3 Å². The van der Waals surface area contributed by atoms with Gasteiger partial charge in [0.2, 0.25) is 5.91 Å². The number of aromatic nitrogens is 1. The van der Waals surface area contributed by atoms with Gasteiger partial charge in [0.15, 0.2) is 0 Å². The molecule has 1 heterocycles. The summed E-state index contributed by atoms with van der Waals surface area (Å²) < 4.78 is 0. The largest absolute Gasteiger partial charge is 0.351 e. The van der Waals surface area contributed by atoms with Crippen LogP contribution in [-0.2, 0) is 11.3 Å². The van der Waals surface area contributed by atoms with Crippen LogP contribution in [0, 0.1) is 12.8 Å². The molecule has 1 fully saturated rings. The Labute approximate surface area is 86.5 Å². The Morgan fingerprint density at radius 1 is 1.86 bits per heavy atom. The van der Waals surface area contributed by atoms with E-state index in [2.05, 4.69) is 10.3 Å². The fraction of sp³-hybridized carbons (Fsp3) is 0.556. The Morgan fingerprint density at radius 3 is 3.07 bits per heavy atom. The zero-order valence-corrected chi connectivity index (χ0v) is 8.80. The summed E-state index contributed by atoms with van der Waals surface area (Å²) in [7, 11) is 0. The van der Waals surface area contributed by atoms with E-state index < -0.39 is 0 Å². The van der Waals surface area contributed by atoms with Crippen molar-refractivity contribution in [3.05, 3.63) is 16.1 Å². The van der Waals surface area contributed by atoms with Crippen LogP contribution in [0.4, 0.5) is 0 Å². The van der Waals surface area contributed by atoms with Gasteiger partial charge in [0.1, 0.15) is 0 Å². The van der Waals surface area contributed by atoms with Gasteiger partial charge in [-0.3, -0.25) is 4.79 Å². The molecular weight excluding hydrogens is 198 g/mol. The van der Waals surface area contributed by atoms with E-state index in [1.807, 2.05) is 6.92 Å². The van der Waals surface area contributed by atoms with Crippen LogP contribution < -0.4 is 11.1 Å². The zero-order chi connectivity index (χ0) is 10.1. The minimum absolute atomic E-state index is 0.0454. The predicted molar refractivity (Wildman–Crippen MR) is 54.8 cm³/mol. The van der Waals surface area contributed by atoms with Crippen LogP contribution in [0.1, 0.15) is 16.3 Å². The number of hydrogen-bond acceptors (Lipinski definition) is 4. The Kier molecular flexibility index (Phi) is 2.52. The second-order valence-electron chi connectivity index (χ2n) is 3.57. The van der Waals surface area contributed by atoms with Gasteiger partial charge in [-0.05, 0) is 13.3 Å². The van der Waals surface area contributed by atoms with Gasteiger partial charge in [-0.2, -0.15) is 0 Å². The van der Waals surface area contributed by atoms with Crippen molar-refractivity contribution in [1.29, 1.82) is 0 Å². The molecule has 0 spiro atoms. The molecule has 0 radical (unpaired) electrons. The first-order valence-electron chi connectivity index (χ1n) is 4.61. The van der Waals surface area contributed by atoms with Gasteiger partial charge in [-0.25, -0.2) is 4.98 Å². The quantitative estimate of drug-likeness (QED) is 0.761. The van der Waals surface area contributed by atoms with Crippen LogP contribution in [0.3, 0.4) is 0 Å². The molecule has 5 heteroatoms. The van der Waals surface area contributed by atoms with Gasteiger partial charge in [-0.15, -0.1) is 11.3 Å². The first-order chi connectivity index (χ1) is 6.66. The minimum Gasteiger partial charge on any atom is -0.351 e. The van der Waals surface area contributed by atoms with Crippen LogP contribution in [0.25, 0.3) is 0 Å². The van der Waals surface area contributed by atoms with Gasteiger partial charge >= 0.3 is 0 Å². The van der Waals surface area contributed by atoms with Crippen LogP contribution in [-0.4, -0.2) is 16.9 Å². The van der Waals surface area contributed by atoms with E-state index in [1.54, 1.807) is 17.5 Å². The number of rotatable bonds is 3. The maximum Gasteiger partial charge on any atom is 0.225 e. The standard InChI is InChI=1S/C9H13N3OS/c1-5-11-3-6(14-5)4-12-9(13)7-2-8(7)10/h3,7-8H,2,4,10H2,1H3,(H,12,13). The molecule has 0 aliphatic heterocycles. The normalized spacial score (nSPS) is 24.7. The summed E-state index contributed by atoms with van der Waals surface area (Å²) in [5.41, 5.74) is 5.57. The Hall–Kier alpha value is -0.940. The average molecular weight is 211 g/mol. The molecule has 3 N–H and O–H groups in total. The van der Waals surface area contributed by atoms with Gasteiger partial charge in [0.25, 0.3) is 0 Å². The highest BCUT2D eigenvalue weighted by Gasteiger charge is 2.39. The maximum absolute atomic E-state index is 11.4. The van der Waals surface area contributed by atoms with Crippen molar-refractivity contribution in [2.45, 2.75) is 25.9 Å². The third-order valence-corrected chi connectivity index (χ3v) is 3.20. The lowest BCUT2D eigenvalue weighted by Gasteiger charge is -2.00. The third-order valence-electron chi connectivity index (χ3n) is 2.28. The lowest BCUT2D eigenvalue weighted by atomic mass is 10.3. The molecule has 4 nitrogen and oxygen atoms in total. The maximum atomic E-state index is 11.4. The monoisotopic (exact) mass is 211 g/mol. The molecule has 1 aliphatic carbocycles. The smallest absolute Gasteiger partial charge is 0.225 e. The first kappa shape index (κ1) is 9.61. The highest BCUT2D eigenvalue weighted by atomic mass is 32.1. The molecule has 76 valence electrons. The van der Waals surface area contributed by atoms with Crippen LogP contribution in [0.15, 0.2) is 6.20 Å². The molecule has 1 aromatic heterocycles. The summed E-state index contributed by atoms with van der Waals surface area (Å²) in [4.78, 5) is 16.6. The molecular formula is C9H13N3OS. The Balaban J connectivity index is 1.80. The van der Waals surface area contributed by atoms with Crippen molar-refractivity contribution in [3.63, 3.8) is 0 Å². The molecule has 14 heavy (non-hydrogen) atoms. The highest BCUT2D eigenvalue weighted by Crippen LogP contribution is 2.27. The molecule has 0 aromatic carbocycles. The van der Waals surface area contributed by atoms with E-state index in [9.17, 15) is 4.79 Å². The van der Waals surface area contributed by atoms with Crippen molar-refractivity contribution in [2.75, 3.05) is 0 Å². The number of aryl methyl sites for hydroxylation is 1. The number of hydrogen-bond donors (Lipinski definition) is 2. The van der Waals surface area contributed by atoms with E-state index in [1.165, 1.54) is 0 Å². The van der Waals surface area contributed by atoms with Crippen molar-refractivity contribution in [1.82, 2.24) is 10.3 Å². The molecule has 2 atom stereocenters. The molecule has 2 rings (SSSR count). The molecule has 0 saturated heterocycles. The van der Waals surface area contributed by atoms with Crippen LogP contribution >= 0.6 is 11.3 Å². The number of thiazole rings is 1. The second kappa shape index (κ2) is 3.67. The lowest BCUT2D eigenvalue weighted by Crippen LogP contribution is -2.26. The second-order valence-corrected chi connectivity index (χ2v) is 4.89. The minimum atomic E-state index is 0.0454. The van der Waals surface area contributed by atoms with E-state index in [-0.39, 0.29) is 17.9 Å². The van der Waals surface area contributed by atoms with E-state index in [4.69, 9.17) is 5.73 Å².